The Bertz CT molecular complexity index is 469. The zero-order valence-corrected chi connectivity index (χ0v) is 8.43. The summed E-state index contributed by atoms with van der Waals surface area (Å²) in [5, 5.41) is 11.2. The first-order valence-corrected chi connectivity index (χ1v) is 4.88. The zero-order valence-electron chi connectivity index (χ0n) is 8.43. The van der Waals surface area contributed by atoms with Gasteiger partial charge < -0.3 is 5.11 Å². The minimum Gasteiger partial charge on any atom is -0.465 e. The number of amides is 4. The Balaban J connectivity index is 2.11. The van der Waals surface area contributed by atoms with Crippen molar-refractivity contribution in [3.05, 3.63) is 11.4 Å². The molecule has 3 aliphatic heterocycles. The van der Waals surface area contributed by atoms with Gasteiger partial charge in [-0.1, -0.05) is 0 Å². The number of nitrogens with zero attached hydrogens (tertiary/aromatic N) is 2. The zero-order chi connectivity index (χ0) is 11.6. The van der Waals surface area contributed by atoms with Crippen LogP contribution in [0.5, 0.6) is 0 Å². The van der Waals surface area contributed by atoms with Gasteiger partial charge in [-0.2, -0.15) is 0 Å². The minimum atomic E-state index is -1.08. The molecule has 2 bridgehead atoms. The summed E-state index contributed by atoms with van der Waals surface area (Å²) in [6.45, 7) is 1.65. The Labute approximate surface area is 90.3 Å². The molecule has 0 radical (unpaired) electrons. The van der Waals surface area contributed by atoms with E-state index < -0.39 is 30.1 Å². The number of carbonyl (C=O) groups excluding carboxylic acids is 2. The Kier molecular flexibility index (Phi) is 1.46. The second kappa shape index (κ2) is 2.55. The number of allylic oxidation sites excluding steroid dienone is 1. The summed E-state index contributed by atoms with van der Waals surface area (Å²) in [6.07, 6.45) is -0.633. The van der Waals surface area contributed by atoms with Crippen molar-refractivity contribution in [2.24, 2.45) is 0 Å². The van der Waals surface area contributed by atoms with Crippen molar-refractivity contribution in [1.82, 2.24) is 15.1 Å². The maximum absolute atomic E-state index is 11.5. The van der Waals surface area contributed by atoms with E-state index in [9.17, 15) is 14.4 Å². The van der Waals surface area contributed by atoms with E-state index in [4.69, 9.17) is 5.11 Å². The Morgan fingerprint density at radius 2 is 2.19 bits per heavy atom. The molecule has 0 aromatic heterocycles. The lowest BCUT2D eigenvalue weighted by atomic mass is 10.1. The van der Waals surface area contributed by atoms with Gasteiger partial charge in [0.1, 0.15) is 6.04 Å². The molecular formula is C9H9N3O4. The van der Waals surface area contributed by atoms with E-state index in [2.05, 4.69) is 5.32 Å². The van der Waals surface area contributed by atoms with E-state index in [0.29, 0.717) is 17.8 Å². The summed E-state index contributed by atoms with van der Waals surface area (Å²) in [5.41, 5.74) is 1.18. The van der Waals surface area contributed by atoms with Crippen LogP contribution in [0.15, 0.2) is 11.4 Å². The number of hydrogen-bond acceptors (Lipinski definition) is 3. The van der Waals surface area contributed by atoms with E-state index in [-0.39, 0.29) is 0 Å². The quantitative estimate of drug-likeness (QED) is 0.561. The van der Waals surface area contributed by atoms with Crippen LogP contribution in [0.2, 0.25) is 0 Å². The SMILES string of the molecule is CC1=C2CC(C3C(=O)NC(=O)N23)N1C(=O)O. The molecule has 2 N–H and O–H groups in total. The summed E-state index contributed by atoms with van der Waals surface area (Å²) in [5.74, 6) is -0.413. The molecule has 84 valence electrons. The summed E-state index contributed by atoms with van der Waals surface area (Å²) < 4.78 is 0. The topological polar surface area (TPSA) is 90.0 Å². The monoisotopic (exact) mass is 223 g/mol. The molecule has 2 atom stereocenters. The summed E-state index contributed by atoms with van der Waals surface area (Å²) >= 11 is 0. The first-order valence-electron chi connectivity index (χ1n) is 4.88. The van der Waals surface area contributed by atoms with Crippen molar-refractivity contribution in [1.29, 1.82) is 0 Å². The molecular weight excluding hydrogens is 214 g/mol. The number of urea groups is 1. The van der Waals surface area contributed by atoms with Crippen LogP contribution >= 0.6 is 0 Å². The average molecular weight is 223 g/mol. The number of carboxylic acid groups (broad SMARTS) is 1. The molecule has 0 aromatic rings. The number of carbonyl (C=O) groups is 3. The van der Waals surface area contributed by atoms with E-state index in [1.54, 1.807) is 6.92 Å². The van der Waals surface area contributed by atoms with Crippen molar-refractivity contribution < 1.29 is 19.5 Å². The van der Waals surface area contributed by atoms with E-state index in [1.165, 1.54) is 9.80 Å². The molecule has 0 aliphatic carbocycles. The molecule has 2 saturated heterocycles. The molecule has 2 fully saturated rings. The van der Waals surface area contributed by atoms with Crippen molar-refractivity contribution >= 4 is 18.0 Å². The van der Waals surface area contributed by atoms with Gasteiger partial charge in [-0.05, 0) is 6.92 Å². The largest absolute Gasteiger partial charge is 0.465 e. The van der Waals surface area contributed by atoms with Gasteiger partial charge >= 0.3 is 12.1 Å². The minimum absolute atomic E-state index is 0.413. The Morgan fingerprint density at radius 1 is 1.50 bits per heavy atom. The highest BCUT2D eigenvalue weighted by Gasteiger charge is 2.58. The normalized spacial score (nSPS) is 31.3. The second-order valence-electron chi connectivity index (χ2n) is 4.07. The predicted molar refractivity (Wildman–Crippen MR) is 50.1 cm³/mol. The van der Waals surface area contributed by atoms with Crippen molar-refractivity contribution in [3.8, 4) is 0 Å². The van der Waals surface area contributed by atoms with Crippen LogP contribution in [0.4, 0.5) is 9.59 Å². The van der Waals surface area contributed by atoms with Gasteiger partial charge in [0.15, 0.2) is 0 Å². The van der Waals surface area contributed by atoms with Gasteiger partial charge in [0.25, 0.3) is 5.91 Å². The fraction of sp³-hybridized carbons (Fsp3) is 0.444. The van der Waals surface area contributed by atoms with Crippen molar-refractivity contribution in [2.75, 3.05) is 0 Å². The van der Waals surface area contributed by atoms with Crippen molar-refractivity contribution in [2.45, 2.75) is 25.4 Å². The number of rotatable bonds is 0. The van der Waals surface area contributed by atoms with Crippen LogP contribution in [0.3, 0.4) is 0 Å². The van der Waals surface area contributed by atoms with Gasteiger partial charge in [-0.3, -0.25) is 19.9 Å². The molecule has 16 heavy (non-hydrogen) atoms. The molecule has 7 heteroatoms. The molecule has 0 aromatic carbocycles. The number of fused-ring (bicyclic) bond motifs is 5. The van der Waals surface area contributed by atoms with Gasteiger partial charge in [0.2, 0.25) is 0 Å². The predicted octanol–water partition coefficient (Wildman–Crippen LogP) is -0.0958. The first kappa shape index (κ1) is 9.20. The highest BCUT2D eigenvalue weighted by molar-refractivity contribution is 6.07. The number of hydrogen-bond donors (Lipinski definition) is 2. The third-order valence-electron chi connectivity index (χ3n) is 3.37. The third-order valence-corrected chi connectivity index (χ3v) is 3.37. The van der Waals surface area contributed by atoms with Crippen molar-refractivity contribution in [3.63, 3.8) is 0 Å². The molecule has 3 rings (SSSR count). The van der Waals surface area contributed by atoms with E-state index in [1.807, 2.05) is 0 Å². The summed E-state index contributed by atoms with van der Waals surface area (Å²) in [6, 6.07) is -1.59. The highest BCUT2D eigenvalue weighted by atomic mass is 16.4. The lowest BCUT2D eigenvalue weighted by Gasteiger charge is -2.31. The summed E-state index contributed by atoms with van der Waals surface area (Å²) in [7, 11) is 0. The van der Waals surface area contributed by atoms with E-state index >= 15 is 0 Å². The van der Waals surface area contributed by atoms with Crippen LogP contribution < -0.4 is 5.32 Å². The molecule has 7 nitrogen and oxygen atoms in total. The lowest BCUT2D eigenvalue weighted by Crippen LogP contribution is -2.49. The Morgan fingerprint density at radius 3 is 2.81 bits per heavy atom. The van der Waals surface area contributed by atoms with Gasteiger partial charge in [0, 0.05) is 17.8 Å². The van der Waals surface area contributed by atoms with Gasteiger partial charge in [0.05, 0.1) is 6.04 Å². The maximum atomic E-state index is 11.5. The first-order chi connectivity index (χ1) is 7.52. The highest BCUT2D eigenvalue weighted by Crippen LogP contribution is 2.43. The van der Waals surface area contributed by atoms with Crippen LogP contribution in [0.1, 0.15) is 13.3 Å². The van der Waals surface area contributed by atoms with E-state index in [0.717, 1.165) is 0 Å². The lowest BCUT2D eigenvalue weighted by molar-refractivity contribution is -0.122. The van der Waals surface area contributed by atoms with Crippen LogP contribution in [0, 0.1) is 0 Å². The second-order valence-corrected chi connectivity index (χ2v) is 4.07. The molecule has 3 aliphatic rings. The molecule has 4 amide bonds. The summed E-state index contributed by atoms with van der Waals surface area (Å²) in [4.78, 5) is 36.6. The number of nitrogens with one attached hydrogen (secondary N) is 1. The van der Waals surface area contributed by atoms with Gasteiger partial charge in [-0.15, -0.1) is 0 Å². The fourth-order valence-corrected chi connectivity index (χ4v) is 2.76. The third kappa shape index (κ3) is 0.814. The van der Waals surface area contributed by atoms with Gasteiger partial charge in [-0.25, -0.2) is 9.59 Å². The average Bonchev–Trinajstić information content (AvgIpc) is 2.77. The van der Waals surface area contributed by atoms with Crippen LogP contribution in [-0.2, 0) is 4.79 Å². The molecule has 0 spiro atoms. The molecule has 3 heterocycles. The number of imide groups is 1. The Hall–Kier alpha value is -2.05. The standard InChI is InChI=1S/C9H9N3O4/c1-3-4-2-5(11(3)9(15)16)6-7(13)10-8(14)12(4)6/h5-6H,2H2,1H3,(H,15,16)(H,10,13,14). The molecule has 0 saturated carbocycles. The van der Waals surface area contributed by atoms with Crippen LogP contribution in [0.25, 0.3) is 0 Å². The van der Waals surface area contributed by atoms with Crippen LogP contribution in [-0.4, -0.2) is 45.0 Å². The molecule has 2 unspecified atom stereocenters. The maximum Gasteiger partial charge on any atom is 0.411 e. The fourth-order valence-electron chi connectivity index (χ4n) is 2.76. The smallest absolute Gasteiger partial charge is 0.411 e.